The fourth-order valence-corrected chi connectivity index (χ4v) is 9.81. The van der Waals surface area contributed by atoms with Crippen molar-refractivity contribution in [3.05, 3.63) is 12.2 Å². The van der Waals surface area contributed by atoms with Gasteiger partial charge in [-0.2, -0.15) is 0 Å². The highest BCUT2D eigenvalue weighted by molar-refractivity contribution is 5.76. The van der Waals surface area contributed by atoms with Crippen molar-refractivity contribution < 1.29 is 24.5 Å². The first-order valence-corrected chi connectivity index (χ1v) is 30.9. The molecule has 0 aromatic rings. The molecule has 2 unspecified atom stereocenters. The molecule has 68 heavy (non-hydrogen) atoms. The third-order valence-corrected chi connectivity index (χ3v) is 14.6. The number of hydrogen-bond donors (Lipinski definition) is 3. The molecule has 0 aliphatic carbocycles. The van der Waals surface area contributed by atoms with E-state index in [0.717, 1.165) is 38.5 Å². The molecule has 0 aliphatic heterocycles. The van der Waals surface area contributed by atoms with Crippen LogP contribution in [0.4, 0.5) is 0 Å². The molecule has 0 heterocycles. The van der Waals surface area contributed by atoms with E-state index in [4.69, 9.17) is 4.74 Å². The quantitative estimate of drug-likeness (QED) is 0.0321. The Morgan fingerprint density at radius 3 is 1.04 bits per heavy atom. The molecule has 3 N–H and O–H groups in total. The first-order valence-electron chi connectivity index (χ1n) is 30.9. The van der Waals surface area contributed by atoms with E-state index in [9.17, 15) is 19.8 Å². The predicted octanol–water partition coefficient (Wildman–Crippen LogP) is 19.2. The van der Waals surface area contributed by atoms with Crippen LogP contribution in [0.1, 0.15) is 348 Å². The van der Waals surface area contributed by atoms with Gasteiger partial charge in [0.2, 0.25) is 5.91 Å². The Hall–Kier alpha value is -1.40. The van der Waals surface area contributed by atoms with Crippen LogP contribution >= 0.6 is 0 Å². The highest BCUT2D eigenvalue weighted by Crippen LogP contribution is 2.18. The number of allylic oxidation sites excluding steroid dienone is 2. The second kappa shape index (κ2) is 58.2. The number of aliphatic hydroxyl groups excluding tert-OH is 2. The van der Waals surface area contributed by atoms with E-state index in [1.807, 2.05) is 0 Å². The van der Waals surface area contributed by atoms with Crippen molar-refractivity contribution in [2.75, 3.05) is 13.2 Å². The zero-order valence-electron chi connectivity index (χ0n) is 46.1. The van der Waals surface area contributed by atoms with Gasteiger partial charge in [0.1, 0.15) is 0 Å². The fraction of sp³-hybridized carbons (Fsp3) is 0.935. The molecule has 0 saturated heterocycles. The zero-order chi connectivity index (χ0) is 49.3. The van der Waals surface area contributed by atoms with E-state index < -0.39 is 12.1 Å². The molecule has 0 aliphatic rings. The van der Waals surface area contributed by atoms with Gasteiger partial charge in [-0.05, 0) is 51.4 Å². The Kier molecular flexibility index (Phi) is 57.0. The maximum absolute atomic E-state index is 12.5. The second-order valence-electron chi connectivity index (χ2n) is 21.4. The number of esters is 1. The lowest BCUT2D eigenvalue weighted by molar-refractivity contribution is -0.143. The smallest absolute Gasteiger partial charge is 0.305 e. The van der Waals surface area contributed by atoms with Gasteiger partial charge < -0.3 is 20.3 Å². The number of carbonyl (C=O) groups is 2. The van der Waals surface area contributed by atoms with Gasteiger partial charge in [-0.3, -0.25) is 9.59 Å². The summed E-state index contributed by atoms with van der Waals surface area (Å²) in [5.74, 6) is -0.0284. The monoisotopic (exact) mass is 960 g/mol. The normalized spacial score (nSPS) is 12.6. The number of rotatable bonds is 58. The summed E-state index contributed by atoms with van der Waals surface area (Å²) < 4.78 is 5.49. The summed E-state index contributed by atoms with van der Waals surface area (Å²) >= 11 is 0. The van der Waals surface area contributed by atoms with Gasteiger partial charge >= 0.3 is 5.97 Å². The molecule has 1 amide bonds. The molecule has 0 fully saturated rings. The minimum Gasteiger partial charge on any atom is -0.466 e. The van der Waals surface area contributed by atoms with Gasteiger partial charge in [0.05, 0.1) is 25.4 Å². The first kappa shape index (κ1) is 66.6. The van der Waals surface area contributed by atoms with Crippen LogP contribution < -0.4 is 5.32 Å². The van der Waals surface area contributed by atoms with E-state index in [0.29, 0.717) is 25.9 Å². The molecule has 6 nitrogen and oxygen atoms in total. The first-order chi connectivity index (χ1) is 33.5. The number of nitrogens with one attached hydrogen (secondary N) is 1. The van der Waals surface area contributed by atoms with Gasteiger partial charge in [0.25, 0.3) is 0 Å². The molecule has 0 saturated carbocycles. The maximum Gasteiger partial charge on any atom is 0.305 e. The number of unbranched alkanes of at least 4 members (excludes halogenated alkanes) is 45. The average Bonchev–Trinajstić information content (AvgIpc) is 3.34. The lowest BCUT2D eigenvalue weighted by atomic mass is 10.0. The Balaban J connectivity index is 3.40. The molecule has 0 spiro atoms. The Morgan fingerprint density at radius 1 is 0.397 bits per heavy atom. The van der Waals surface area contributed by atoms with Crippen molar-refractivity contribution in [3.8, 4) is 0 Å². The molecular formula is C62H121NO5. The third-order valence-electron chi connectivity index (χ3n) is 14.6. The van der Waals surface area contributed by atoms with E-state index in [1.54, 1.807) is 0 Å². The number of aliphatic hydroxyl groups is 2. The van der Waals surface area contributed by atoms with Crippen molar-refractivity contribution in [1.29, 1.82) is 0 Å². The van der Waals surface area contributed by atoms with E-state index in [2.05, 4.69) is 31.3 Å². The van der Waals surface area contributed by atoms with Crippen LogP contribution in [0.5, 0.6) is 0 Å². The van der Waals surface area contributed by atoms with Crippen LogP contribution in [0.2, 0.25) is 0 Å². The summed E-state index contributed by atoms with van der Waals surface area (Å²) in [6.45, 7) is 4.97. The molecule has 0 radical (unpaired) electrons. The highest BCUT2D eigenvalue weighted by Gasteiger charge is 2.20. The maximum atomic E-state index is 12.5. The van der Waals surface area contributed by atoms with Crippen LogP contribution in [0.15, 0.2) is 12.2 Å². The molecule has 404 valence electrons. The van der Waals surface area contributed by atoms with Crippen molar-refractivity contribution in [2.45, 2.75) is 360 Å². The van der Waals surface area contributed by atoms with Crippen LogP contribution in [0.3, 0.4) is 0 Å². The number of hydrogen-bond acceptors (Lipinski definition) is 5. The molecule has 0 rings (SSSR count). The number of amides is 1. The lowest BCUT2D eigenvalue weighted by Gasteiger charge is -2.22. The van der Waals surface area contributed by atoms with Gasteiger partial charge in [-0.1, -0.05) is 296 Å². The summed E-state index contributed by atoms with van der Waals surface area (Å²) in [7, 11) is 0. The van der Waals surface area contributed by atoms with E-state index in [-0.39, 0.29) is 18.5 Å². The van der Waals surface area contributed by atoms with Crippen LogP contribution in [-0.4, -0.2) is 47.4 Å². The van der Waals surface area contributed by atoms with Crippen molar-refractivity contribution in [2.24, 2.45) is 0 Å². The molecule has 0 aromatic carbocycles. The summed E-state index contributed by atoms with van der Waals surface area (Å²) in [5, 5.41) is 23.3. The lowest BCUT2D eigenvalue weighted by Crippen LogP contribution is -2.45. The standard InChI is InChI=1S/C62H121NO5/c1-3-5-7-9-11-13-15-17-19-28-32-36-40-44-48-52-56-62(67)68-57-53-49-45-41-37-33-29-26-24-22-20-21-23-25-27-31-35-39-43-47-51-55-61(66)63-59(58-64)60(65)54-50-46-42-38-34-30-18-16-14-12-10-8-6-4-2/h21,23,59-60,64-65H,3-20,22,24-58H2,1-2H3,(H,63,66)/b23-21-. The van der Waals surface area contributed by atoms with Crippen molar-refractivity contribution >= 4 is 11.9 Å². The number of ether oxygens (including phenoxy) is 1. The van der Waals surface area contributed by atoms with Gasteiger partial charge in [0, 0.05) is 12.8 Å². The molecule has 0 bridgehead atoms. The molecule has 6 heteroatoms. The third kappa shape index (κ3) is 53.9. The number of carbonyl (C=O) groups excluding carboxylic acids is 2. The Labute approximate surface area is 425 Å². The zero-order valence-corrected chi connectivity index (χ0v) is 46.1. The highest BCUT2D eigenvalue weighted by atomic mass is 16.5. The van der Waals surface area contributed by atoms with Crippen LogP contribution in [-0.2, 0) is 14.3 Å². The molecular weight excluding hydrogens is 839 g/mol. The minimum absolute atomic E-state index is 0.0123. The van der Waals surface area contributed by atoms with Crippen molar-refractivity contribution in [1.82, 2.24) is 5.32 Å². The summed E-state index contributed by atoms with van der Waals surface area (Å²) in [4.78, 5) is 24.5. The van der Waals surface area contributed by atoms with Gasteiger partial charge in [0.15, 0.2) is 0 Å². The topological polar surface area (TPSA) is 95.9 Å². The Morgan fingerprint density at radius 2 is 0.691 bits per heavy atom. The predicted molar refractivity (Wildman–Crippen MR) is 297 cm³/mol. The largest absolute Gasteiger partial charge is 0.466 e. The van der Waals surface area contributed by atoms with Crippen LogP contribution in [0.25, 0.3) is 0 Å². The second-order valence-corrected chi connectivity index (χ2v) is 21.4. The van der Waals surface area contributed by atoms with Crippen molar-refractivity contribution in [3.63, 3.8) is 0 Å². The fourth-order valence-electron chi connectivity index (χ4n) is 9.81. The summed E-state index contributed by atoms with van der Waals surface area (Å²) in [6, 6.07) is -0.546. The summed E-state index contributed by atoms with van der Waals surface area (Å²) in [5.41, 5.74) is 0. The van der Waals surface area contributed by atoms with E-state index in [1.165, 1.54) is 276 Å². The summed E-state index contributed by atoms with van der Waals surface area (Å²) in [6.07, 6.45) is 69.3. The molecule has 0 aromatic heterocycles. The minimum atomic E-state index is -0.668. The van der Waals surface area contributed by atoms with E-state index >= 15 is 0 Å². The Bertz CT molecular complexity index is 1020. The van der Waals surface area contributed by atoms with Gasteiger partial charge in [-0.15, -0.1) is 0 Å². The molecule has 2 atom stereocenters. The van der Waals surface area contributed by atoms with Crippen LogP contribution in [0, 0.1) is 0 Å². The SMILES string of the molecule is CCCCCCCCCCCCCCCCCCC(=O)OCCCCCCCCCCCC/C=C\CCCCCCCCCC(=O)NC(CO)C(O)CCCCCCCCCCCCCCCC. The van der Waals surface area contributed by atoms with Gasteiger partial charge in [-0.25, -0.2) is 0 Å². The average molecular weight is 961 g/mol.